The lowest BCUT2D eigenvalue weighted by Gasteiger charge is -2.50. The van der Waals surface area contributed by atoms with Gasteiger partial charge >= 0.3 is 28.6 Å². The Morgan fingerprint density at radius 2 is 1.23 bits per heavy atom. The highest BCUT2D eigenvalue weighted by Crippen LogP contribution is 2.43. The van der Waals surface area contributed by atoms with Gasteiger partial charge in [-0.05, 0) is 132 Å². The number of β-lactam (4-membered cyclic amide) rings is 1. The number of ketones is 1. The predicted octanol–water partition coefficient (Wildman–Crippen LogP) is 12.0. The Morgan fingerprint density at radius 1 is 0.700 bits per heavy atom. The number of hydroxylamine groups is 2. The summed E-state index contributed by atoms with van der Waals surface area (Å²) in [6, 6.07) is 52.9. The molecule has 1 aromatic heterocycles. The van der Waals surface area contributed by atoms with Crippen LogP contribution in [0.3, 0.4) is 0 Å². The molecule has 4 atom stereocenters. The van der Waals surface area contributed by atoms with Gasteiger partial charge in [-0.2, -0.15) is 13.5 Å². The van der Waals surface area contributed by atoms with Crippen molar-refractivity contribution in [2.45, 2.75) is 147 Å². The number of oxime groups is 1. The number of esters is 1. The van der Waals surface area contributed by atoms with Crippen molar-refractivity contribution in [3.05, 3.63) is 220 Å². The number of benzene rings is 6. The summed E-state index contributed by atoms with van der Waals surface area (Å²) < 4.78 is 62.6. The summed E-state index contributed by atoms with van der Waals surface area (Å²) in [5.41, 5.74) is 1.53. The molecule has 0 aliphatic carbocycles. The topological polar surface area (TPSA) is 270 Å². The maximum atomic E-state index is 15.2. The van der Waals surface area contributed by atoms with Crippen LogP contribution in [0.2, 0.25) is 0 Å². The summed E-state index contributed by atoms with van der Waals surface area (Å²) in [7, 11) is -5.13. The predicted molar refractivity (Wildman–Crippen MR) is 377 cm³/mol. The number of thiazole rings is 1. The van der Waals surface area contributed by atoms with E-state index in [9.17, 15) is 27.4 Å². The maximum Gasteiger partial charge on any atom is 0.418 e. The van der Waals surface area contributed by atoms with E-state index < -0.39 is 93.3 Å². The van der Waals surface area contributed by atoms with Gasteiger partial charge < -0.3 is 49.1 Å². The third kappa shape index (κ3) is 17.5. The second-order valence-electron chi connectivity index (χ2n) is 27.8. The molecule has 3 amide bonds. The van der Waals surface area contributed by atoms with Crippen molar-refractivity contribution in [3.63, 3.8) is 0 Å². The lowest BCUT2D eigenvalue weighted by Crippen LogP contribution is -2.68. The average Bonchev–Trinajstić information content (AvgIpc) is 0.759. The number of carbonyl (C=O) groups excluding carboxylic acids is 5. The number of aromatic nitrogens is 1. The smallest absolute Gasteiger partial charge is 0.418 e. The van der Waals surface area contributed by atoms with Crippen molar-refractivity contribution in [1.82, 2.24) is 30.1 Å². The molecule has 4 aliphatic rings. The van der Waals surface area contributed by atoms with Gasteiger partial charge in [-0.3, -0.25) is 14.1 Å². The molecule has 11 rings (SSSR count). The first-order chi connectivity index (χ1) is 47.7. The second kappa shape index (κ2) is 30.4. The van der Waals surface area contributed by atoms with Crippen LogP contribution in [0, 0.1) is 5.92 Å². The summed E-state index contributed by atoms with van der Waals surface area (Å²) >= 11 is 1.17. The van der Waals surface area contributed by atoms with Crippen LogP contribution in [0.4, 0.5) is 14.7 Å². The van der Waals surface area contributed by atoms with Crippen molar-refractivity contribution < 1.29 is 65.0 Å². The van der Waals surface area contributed by atoms with E-state index in [2.05, 4.69) is 25.0 Å². The number of Topliss-reactive ketones (excluding diaryl/α,β-unsaturated/α-hetero) is 1. The third-order valence-electron chi connectivity index (χ3n) is 17.7. The van der Waals surface area contributed by atoms with Crippen molar-refractivity contribution in [1.29, 1.82) is 0 Å². The number of ether oxygens (including phenoxy) is 4. The lowest BCUT2D eigenvalue weighted by molar-refractivity contribution is -0.228. The van der Waals surface area contributed by atoms with Crippen molar-refractivity contribution in [3.8, 4) is 5.75 Å². The number of piperidine rings is 2. The number of nitrogens with one attached hydrogen (secondary N) is 2. The minimum Gasteiger partial charge on any atom is -0.489 e. The number of hydrogen-bond donors (Lipinski definition) is 3. The lowest BCUT2D eigenvalue weighted by atomic mass is 9.74. The molecule has 0 radical (unpaired) electrons. The Morgan fingerprint density at radius 3 is 1.77 bits per heavy atom. The molecule has 25 heteroatoms. The van der Waals surface area contributed by atoms with Crippen LogP contribution in [-0.4, -0.2) is 147 Å². The molecule has 100 heavy (non-hydrogen) atoms. The van der Waals surface area contributed by atoms with Crippen molar-refractivity contribution in [2.24, 2.45) is 16.1 Å². The van der Waals surface area contributed by atoms with Crippen LogP contribution >= 0.6 is 11.3 Å². The fourth-order valence-electron chi connectivity index (χ4n) is 12.8. The zero-order valence-corrected chi connectivity index (χ0v) is 58.9. The first kappa shape index (κ1) is 71.6. The summed E-state index contributed by atoms with van der Waals surface area (Å²) in [6.07, 6.45) is -1.04. The SMILES string of the molecule is CC(C)(C)OC(=O)N1CCC[C@@H](N=C(N[C@@H]2CCCN(C(=O)OC(C)(C)C)C2)N2Cc3ccc(OC[C@H](O/N=C(\C(=O)C[C@@H]4C(=O)N(OS(=O)(=O)O)C4(C)C)c4csc(NC(c5ccccc5)(c5ccccc5)c5ccccc5)n4)C(=O)OC(c4ccccc4)c4ccccc4)cc3C2)C1. The van der Waals surface area contributed by atoms with Crippen LogP contribution in [0.25, 0.3) is 0 Å². The zero-order valence-electron chi connectivity index (χ0n) is 57.3. The van der Waals surface area contributed by atoms with E-state index in [1.807, 2.05) is 205 Å². The van der Waals surface area contributed by atoms with Crippen LogP contribution in [0.5, 0.6) is 5.75 Å². The number of hydrogen-bond acceptors (Lipinski definition) is 18. The highest BCUT2D eigenvalue weighted by molar-refractivity contribution is 7.80. The molecule has 3 fully saturated rings. The first-order valence-corrected chi connectivity index (χ1v) is 35.7. The monoisotopic (exact) mass is 1400 g/mol. The zero-order chi connectivity index (χ0) is 71.0. The van der Waals surface area contributed by atoms with Crippen LogP contribution in [0.1, 0.15) is 138 Å². The summed E-state index contributed by atoms with van der Waals surface area (Å²) in [5, 5.41) is 14.4. The van der Waals surface area contributed by atoms with Gasteiger partial charge in [0.25, 0.3) is 12.0 Å². The van der Waals surface area contributed by atoms with Gasteiger partial charge in [-0.1, -0.05) is 163 Å². The Balaban J connectivity index is 0.921. The Kier molecular flexibility index (Phi) is 21.8. The Hall–Kier alpha value is -9.69. The van der Waals surface area contributed by atoms with E-state index in [1.54, 1.807) is 21.2 Å². The highest BCUT2D eigenvalue weighted by atomic mass is 32.3. The molecule has 0 unspecified atom stereocenters. The van der Waals surface area contributed by atoms with Crippen LogP contribution in [0.15, 0.2) is 185 Å². The largest absolute Gasteiger partial charge is 0.489 e. The molecule has 6 aromatic carbocycles. The van der Waals surface area contributed by atoms with E-state index in [0.717, 1.165) is 53.5 Å². The number of amides is 3. The normalized spacial score (nSPS) is 18.5. The number of guanidine groups is 1. The van der Waals surface area contributed by atoms with E-state index in [0.29, 0.717) is 72.3 Å². The van der Waals surface area contributed by atoms with Gasteiger partial charge in [0.2, 0.25) is 0 Å². The molecule has 4 aliphatic heterocycles. The Bertz CT molecular complexity index is 4070. The number of carbonyl (C=O) groups is 5. The van der Waals surface area contributed by atoms with E-state index in [-0.39, 0.29) is 23.9 Å². The number of anilines is 1. The summed E-state index contributed by atoms with van der Waals surface area (Å²) in [5.74, 6) is -2.82. The summed E-state index contributed by atoms with van der Waals surface area (Å²) in [4.78, 5) is 93.0. The molecule has 23 nitrogen and oxygen atoms in total. The fraction of sp³-hybridized carbons (Fsp3) is 0.387. The number of rotatable bonds is 22. The van der Waals surface area contributed by atoms with Gasteiger partial charge in [-0.15, -0.1) is 15.6 Å². The van der Waals surface area contributed by atoms with Gasteiger partial charge in [0.1, 0.15) is 34.8 Å². The van der Waals surface area contributed by atoms with Crippen molar-refractivity contribution in [2.75, 3.05) is 38.1 Å². The van der Waals surface area contributed by atoms with E-state index in [4.69, 9.17) is 33.8 Å². The highest BCUT2D eigenvalue weighted by Gasteiger charge is 2.58. The second-order valence-corrected chi connectivity index (χ2v) is 29.7. The van der Waals surface area contributed by atoms with Gasteiger partial charge in [-0.25, -0.2) is 24.4 Å². The van der Waals surface area contributed by atoms with E-state index >= 15 is 9.59 Å². The minimum absolute atomic E-state index is 0.00368. The van der Waals surface area contributed by atoms with E-state index in [1.165, 1.54) is 25.2 Å². The standard InChI is InChI=1S/C75H85N9O14S2/c1-72(2,3)95-70(88)81-40-24-36-57(46-81)76-68(77-58-37-25-41-82(47-58)71(89)96-73(4,5)6)83-44-52-38-39-59(42-53(52)45-83)93-48-63(67(87)94-65(50-26-14-9-15-27-50)51-28-16-10-17-29-51)97-80-64(62(85)43-60-66(86)84(74(60,7)8)98-100(90,91)92)61-49-99-69(78-61)79-75(54-30-18-11-19-31-54,55-32-20-12-21-33-55)56-34-22-13-23-35-56/h9-23,26-35,38-39,42,49,57-58,60,63,65H,24-25,36-37,40-41,43-48H2,1-8H3,(H,76,77)(H,78,79)(H,90,91,92)/b80-64-/t57-,58-,60-,63+/m1/s1. The quantitative estimate of drug-likeness (QED) is 0.00831. The fourth-order valence-corrected chi connectivity index (χ4v) is 14.0. The molecule has 0 bridgehead atoms. The van der Waals surface area contributed by atoms with Crippen molar-refractivity contribution >= 4 is 68.4 Å². The average molecular weight is 1400 g/mol. The van der Waals surface area contributed by atoms with Gasteiger partial charge in [0.15, 0.2) is 28.7 Å². The molecule has 3 N–H and O–H groups in total. The number of likely N-dealkylation sites (tertiary alicyclic amines) is 2. The van der Waals surface area contributed by atoms with Crippen LogP contribution < -0.4 is 15.4 Å². The third-order valence-corrected chi connectivity index (χ3v) is 18.8. The summed E-state index contributed by atoms with van der Waals surface area (Å²) in [6.45, 7) is 16.1. The molecule has 7 aromatic rings. The maximum absolute atomic E-state index is 15.2. The molecule has 5 heterocycles. The van der Waals surface area contributed by atoms with Gasteiger partial charge in [0, 0.05) is 57.1 Å². The minimum atomic E-state index is -5.13. The number of nitrogens with zero attached hydrogens (tertiary/aromatic N) is 7. The number of fused-ring (bicyclic) bond motifs is 1. The Labute approximate surface area is 587 Å². The molecule has 526 valence electrons. The molecular formula is C75H85N9O14S2. The first-order valence-electron chi connectivity index (χ1n) is 33.5. The van der Waals surface area contributed by atoms with Crippen LogP contribution in [-0.2, 0) is 66.7 Å². The number of aliphatic imine (C=N–C) groups is 1. The molecular weight excluding hydrogens is 1320 g/mol. The molecule has 3 saturated heterocycles. The molecule has 0 saturated carbocycles. The molecule has 0 spiro atoms. The van der Waals surface area contributed by atoms with Gasteiger partial charge in [0.05, 0.1) is 17.5 Å².